The molecular formula is C15H14Cl2O3. The number of rotatable bonds is 4. The van der Waals surface area contributed by atoms with Gasteiger partial charge >= 0.3 is 0 Å². The van der Waals surface area contributed by atoms with Crippen molar-refractivity contribution >= 4 is 23.2 Å². The Labute approximate surface area is 127 Å². The second kappa shape index (κ2) is 6.35. The van der Waals surface area contributed by atoms with Crippen LogP contribution in [-0.2, 0) is 0 Å². The lowest BCUT2D eigenvalue weighted by Gasteiger charge is -2.17. The van der Waals surface area contributed by atoms with Crippen molar-refractivity contribution in [3.8, 4) is 17.2 Å². The van der Waals surface area contributed by atoms with Gasteiger partial charge in [0.2, 0.25) is 0 Å². The minimum atomic E-state index is -0.737. The van der Waals surface area contributed by atoms with E-state index in [0.29, 0.717) is 32.9 Å². The van der Waals surface area contributed by atoms with Crippen molar-refractivity contribution < 1.29 is 14.6 Å². The first-order chi connectivity index (χ1) is 9.54. The second-order valence-electron chi connectivity index (χ2n) is 4.20. The molecule has 1 atom stereocenters. The molecule has 0 fully saturated rings. The lowest BCUT2D eigenvalue weighted by molar-refractivity contribution is 0.190. The molecule has 0 saturated carbocycles. The summed E-state index contributed by atoms with van der Waals surface area (Å²) in [5.74, 6) is 1.45. The average molecular weight is 313 g/mol. The molecule has 5 heteroatoms. The molecule has 2 aromatic rings. The predicted octanol–water partition coefficient (Wildman–Crippen LogP) is 4.85. The number of hydrogen-bond donors (Lipinski definition) is 1. The summed E-state index contributed by atoms with van der Waals surface area (Å²) in [4.78, 5) is 0. The molecule has 3 nitrogen and oxygen atoms in total. The summed E-state index contributed by atoms with van der Waals surface area (Å²) in [6.07, 6.45) is -0.737. The van der Waals surface area contributed by atoms with Crippen LogP contribution in [0.25, 0.3) is 0 Å². The maximum atomic E-state index is 9.90. The Morgan fingerprint density at radius 1 is 1.00 bits per heavy atom. The molecule has 0 heterocycles. The van der Waals surface area contributed by atoms with Crippen LogP contribution >= 0.6 is 23.2 Å². The first-order valence-corrected chi connectivity index (χ1v) is 6.77. The summed E-state index contributed by atoms with van der Waals surface area (Å²) in [6.45, 7) is 1.64. The molecule has 0 amide bonds. The number of halogens is 2. The fraction of sp³-hybridized carbons (Fsp3) is 0.200. The van der Waals surface area contributed by atoms with Crippen molar-refractivity contribution in [3.63, 3.8) is 0 Å². The van der Waals surface area contributed by atoms with Crippen LogP contribution in [0.5, 0.6) is 17.2 Å². The molecule has 0 radical (unpaired) electrons. The van der Waals surface area contributed by atoms with Crippen LogP contribution < -0.4 is 9.47 Å². The quantitative estimate of drug-likeness (QED) is 0.877. The molecule has 2 aromatic carbocycles. The van der Waals surface area contributed by atoms with Crippen LogP contribution in [0.1, 0.15) is 18.6 Å². The molecule has 106 valence electrons. The van der Waals surface area contributed by atoms with E-state index in [2.05, 4.69) is 0 Å². The standard InChI is InChI=1S/C15H14Cl2O3/c1-9(18)14-11(19-2)6-4-7-12(14)20-13-8-3-5-10(16)15(13)17/h3-9,18H,1-2H3/t9-/m1/s1. The van der Waals surface area contributed by atoms with Crippen LogP contribution in [0.4, 0.5) is 0 Å². The minimum Gasteiger partial charge on any atom is -0.496 e. The Kier molecular flexibility index (Phi) is 4.76. The number of hydrogen-bond acceptors (Lipinski definition) is 3. The number of aliphatic hydroxyl groups excluding tert-OH is 1. The fourth-order valence-corrected chi connectivity index (χ4v) is 2.21. The molecule has 0 saturated heterocycles. The van der Waals surface area contributed by atoms with Crippen LogP contribution in [0.2, 0.25) is 10.0 Å². The Morgan fingerprint density at radius 3 is 2.25 bits per heavy atom. The summed E-state index contributed by atoms with van der Waals surface area (Å²) in [7, 11) is 1.54. The van der Waals surface area contributed by atoms with Gasteiger partial charge in [-0.25, -0.2) is 0 Å². The highest BCUT2D eigenvalue weighted by atomic mass is 35.5. The van der Waals surface area contributed by atoms with E-state index in [1.165, 1.54) is 7.11 Å². The molecule has 20 heavy (non-hydrogen) atoms. The van der Waals surface area contributed by atoms with Crippen molar-refractivity contribution in [3.05, 3.63) is 52.0 Å². The van der Waals surface area contributed by atoms with Gasteiger partial charge in [-0.3, -0.25) is 0 Å². The molecule has 0 aliphatic rings. The normalized spacial score (nSPS) is 12.1. The first kappa shape index (κ1) is 15.0. The SMILES string of the molecule is COc1cccc(Oc2cccc(Cl)c2Cl)c1[C@@H](C)O. The van der Waals surface area contributed by atoms with Gasteiger partial charge in [-0.2, -0.15) is 0 Å². The molecule has 0 aliphatic heterocycles. The molecule has 1 N–H and O–H groups in total. The van der Waals surface area contributed by atoms with E-state index in [9.17, 15) is 5.11 Å². The summed E-state index contributed by atoms with van der Waals surface area (Å²) in [6, 6.07) is 10.4. The minimum absolute atomic E-state index is 0.327. The van der Waals surface area contributed by atoms with Gasteiger partial charge in [0.1, 0.15) is 22.3 Å². The van der Waals surface area contributed by atoms with Crippen molar-refractivity contribution in [2.24, 2.45) is 0 Å². The van der Waals surface area contributed by atoms with Crippen molar-refractivity contribution in [2.75, 3.05) is 7.11 Å². The van der Waals surface area contributed by atoms with Gasteiger partial charge in [-0.05, 0) is 31.2 Å². The van der Waals surface area contributed by atoms with E-state index in [1.807, 2.05) is 0 Å². The van der Waals surface area contributed by atoms with E-state index in [0.717, 1.165) is 0 Å². The molecular weight excluding hydrogens is 299 g/mol. The zero-order chi connectivity index (χ0) is 14.7. The Bertz CT molecular complexity index is 612. The van der Waals surface area contributed by atoms with E-state index in [-0.39, 0.29) is 0 Å². The molecule has 2 rings (SSSR count). The lowest BCUT2D eigenvalue weighted by atomic mass is 10.1. The van der Waals surface area contributed by atoms with E-state index >= 15 is 0 Å². The second-order valence-corrected chi connectivity index (χ2v) is 4.99. The van der Waals surface area contributed by atoms with Gasteiger partial charge in [0, 0.05) is 0 Å². The Balaban J connectivity index is 2.46. The van der Waals surface area contributed by atoms with Crippen LogP contribution in [0.15, 0.2) is 36.4 Å². The van der Waals surface area contributed by atoms with Gasteiger partial charge in [-0.15, -0.1) is 0 Å². The third-order valence-corrected chi connectivity index (χ3v) is 3.60. The predicted molar refractivity (Wildman–Crippen MR) is 80.2 cm³/mol. The molecule has 0 aliphatic carbocycles. The number of benzene rings is 2. The maximum absolute atomic E-state index is 9.90. The first-order valence-electron chi connectivity index (χ1n) is 6.01. The van der Waals surface area contributed by atoms with Gasteiger partial charge in [0.25, 0.3) is 0 Å². The smallest absolute Gasteiger partial charge is 0.147 e. The Morgan fingerprint density at radius 2 is 1.60 bits per heavy atom. The highest BCUT2D eigenvalue weighted by molar-refractivity contribution is 6.42. The zero-order valence-electron chi connectivity index (χ0n) is 11.1. The van der Waals surface area contributed by atoms with Gasteiger partial charge < -0.3 is 14.6 Å². The molecule has 0 spiro atoms. The number of methoxy groups -OCH3 is 1. The largest absolute Gasteiger partial charge is 0.496 e. The Hall–Kier alpha value is -1.42. The van der Waals surface area contributed by atoms with E-state index < -0.39 is 6.10 Å². The van der Waals surface area contributed by atoms with E-state index in [4.69, 9.17) is 32.7 Å². The van der Waals surface area contributed by atoms with Crippen LogP contribution in [0, 0.1) is 0 Å². The molecule has 0 unspecified atom stereocenters. The van der Waals surface area contributed by atoms with Crippen molar-refractivity contribution in [1.82, 2.24) is 0 Å². The number of aliphatic hydroxyl groups is 1. The monoisotopic (exact) mass is 312 g/mol. The fourth-order valence-electron chi connectivity index (χ4n) is 1.88. The summed E-state index contributed by atoms with van der Waals surface area (Å²) in [5, 5.41) is 10.6. The molecule has 0 aromatic heterocycles. The molecule has 0 bridgehead atoms. The van der Waals surface area contributed by atoms with Gasteiger partial charge in [0.05, 0.1) is 23.8 Å². The highest BCUT2D eigenvalue weighted by Crippen LogP contribution is 2.40. The van der Waals surface area contributed by atoms with Crippen molar-refractivity contribution in [1.29, 1.82) is 0 Å². The van der Waals surface area contributed by atoms with Crippen molar-refractivity contribution in [2.45, 2.75) is 13.0 Å². The highest BCUT2D eigenvalue weighted by Gasteiger charge is 2.17. The van der Waals surface area contributed by atoms with Gasteiger partial charge in [0.15, 0.2) is 0 Å². The summed E-state index contributed by atoms with van der Waals surface area (Å²) >= 11 is 12.1. The van der Waals surface area contributed by atoms with Crippen LogP contribution in [-0.4, -0.2) is 12.2 Å². The lowest BCUT2D eigenvalue weighted by Crippen LogP contribution is -2.00. The van der Waals surface area contributed by atoms with E-state index in [1.54, 1.807) is 43.3 Å². The van der Waals surface area contributed by atoms with Crippen LogP contribution in [0.3, 0.4) is 0 Å². The summed E-state index contributed by atoms with van der Waals surface area (Å²) < 4.78 is 11.0. The third kappa shape index (κ3) is 3.01. The zero-order valence-corrected chi connectivity index (χ0v) is 12.6. The van der Waals surface area contributed by atoms with Gasteiger partial charge in [-0.1, -0.05) is 35.3 Å². The topological polar surface area (TPSA) is 38.7 Å². The average Bonchev–Trinajstić information content (AvgIpc) is 2.43. The number of ether oxygens (including phenoxy) is 2. The maximum Gasteiger partial charge on any atom is 0.147 e. The third-order valence-electron chi connectivity index (χ3n) is 2.80. The summed E-state index contributed by atoms with van der Waals surface area (Å²) in [5.41, 5.74) is 0.561.